The first-order valence-electron chi connectivity index (χ1n) is 13.2. The van der Waals surface area contributed by atoms with Gasteiger partial charge in [-0.05, 0) is 54.6 Å². The van der Waals surface area contributed by atoms with E-state index in [0.717, 1.165) is 9.79 Å². The number of para-hydroxylation sites is 2. The number of hydrogen-bond donors (Lipinski definition) is 0. The summed E-state index contributed by atoms with van der Waals surface area (Å²) in [5, 5.41) is 1.36. The molecule has 1 aliphatic carbocycles. The van der Waals surface area contributed by atoms with Crippen molar-refractivity contribution in [3.05, 3.63) is 156 Å². The molecule has 0 saturated heterocycles. The van der Waals surface area contributed by atoms with Gasteiger partial charge in [0.05, 0.1) is 11.1 Å². The molecule has 0 fully saturated rings. The summed E-state index contributed by atoms with van der Waals surface area (Å²) in [7, 11) is 0. The van der Waals surface area contributed by atoms with Crippen molar-refractivity contribution in [3.8, 4) is 23.0 Å². The van der Waals surface area contributed by atoms with Crippen molar-refractivity contribution >= 4 is 34.1 Å². The topological polar surface area (TPSA) is 52.6 Å². The average Bonchev–Trinajstić information content (AvgIpc) is 3.02. The zero-order valence-electron chi connectivity index (χ0n) is 21.7. The Hall–Kier alpha value is -5.13. The number of benzene rings is 6. The minimum absolute atomic E-state index is 0.206. The van der Waals surface area contributed by atoms with Crippen LogP contribution in [0.1, 0.15) is 31.8 Å². The zero-order valence-corrected chi connectivity index (χ0v) is 22.6. The standard InChI is InChI=1S/C36H22O4S/c37-33-27-18-10-11-19-28(27)34(38)32-31(33)35(39-23-12-4-1-5-13-23)29-21-20-26(41-25-16-8-3-9-17-25)22-30(29)36(32)40-24-14-6-2-7-15-24/h1-22H. The third-order valence-electron chi connectivity index (χ3n) is 6.96. The van der Waals surface area contributed by atoms with E-state index < -0.39 is 0 Å². The number of ether oxygens (including phenoxy) is 2. The van der Waals surface area contributed by atoms with Gasteiger partial charge >= 0.3 is 0 Å². The maximum atomic E-state index is 14.2. The number of ketones is 2. The molecule has 6 aromatic carbocycles. The number of fused-ring (bicyclic) bond motifs is 3. The van der Waals surface area contributed by atoms with Crippen molar-refractivity contribution in [1.29, 1.82) is 0 Å². The number of carbonyl (C=O) groups is 2. The Kier molecular flexibility index (Phi) is 6.34. The van der Waals surface area contributed by atoms with Crippen LogP contribution >= 0.6 is 11.8 Å². The number of hydrogen-bond acceptors (Lipinski definition) is 5. The van der Waals surface area contributed by atoms with Crippen LogP contribution in [-0.2, 0) is 0 Å². The van der Waals surface area contributed by atoms with Crippen LogP contribution in [-0.4, -0.2) is 11.6 Å². The van der Waals surface area contributed by atoms with E-state index in [0.29, 0.717) is 44.9 Å². The summed E-state index contributed by atoms with van der Waals surface area (Å²) in [5.41, 5.74) is 1.12. The normalized spacial score (nSPS) is 12.1. The SMILES string of the molecule is O=C1c2ccccc2C(=O)c2c1c(Oc1ccccc1)c1ccc(Sc3ccccc3)cc1c2Oc1ccccc1. The number of carbonyl (C=O) groups excluding carboxylic acids is 2. The Morgan fingerprint density at radius 2 is 0.902 bits per heavy atom. The summed E-state index contributed by atoms with van der Waals surface area (Å²) in [6, 6.07) is 41.5. The molecule has 196 valence electrons. The van der Waals surface area contributed by atoms with E-state index in [9.17, 15) is 9.59 Å². The lowest BCUT2D eigenvalue weighted by Gasteiger charge is -2.25. The van der Waals surface area contributed by atoms with Gasteiger partial charge in [0.1, 0.15) is 23.0 Å². The lowest BCUT2D eigenvalue weighted by Crippen LogP contribution is -2.22. The van der Waals surface area contributed by atoms with Gasteiger partial charge in [0, 0.05) is 31.7 Å². The first-order valence-corrected chi connectivity index (χ1v) is 14.0. The van der Waals surface area contributed by atoms with Gasteiger partial charge in [-0.2, -0.15) is 0 Å². The van der Waals surface area contributed by atoms with Crippen LogP contribution in [0.3, 0.4) is 0 Å². The maximum absolute atomic E-state index is 14.2. The highest BCUT2D eigenvalue weighted by Crippen LogP contribution is 2.49. The zero-order chi connectivity index (χ0) is 27.8. The van der Waals surface area contributed by atoms with Crippen molar-refractivity contribution in [2.24, 2.45) is 0 Å². The largest absolute Gasteiger partial charge is 0.456 e. The van der Waals surface area contributed by atoms with Gasteiger partial charge in [-0.15, -0.1) is 0 Å². The van der Waals surface area contributed by atoms with Crippen molar-refractivity contribution in [2.45, 2.75) is 9.79 Å². The monoisotopic (exact) mass is 550 g/mol. The summed E-state index contributed by atoms with van der Waals surface area (Å²) in [6.07, 6.45) is 0. The summed E-state index contributed by atoms with van der Waals surface area (Å²) in [5.74, 6) is 1.25. The van der Waals surface area contributed by atoms with E-state index in [1.807, 2.05) is 109 Å². The highest BCUT2D eigenvalue weighted by molar-refractivity contribution is 7.99. The molecule has 6 aromatic rings. The van der Waals surface area contributed by atoms with Crippen LogP contribution < -0.4 is 9.47 Å². The van der Waals surface area contributed by atoms with E-state index in [1.54, 1.807) is 36.0 Å². The predicted octanol–water partition coefficient (Wildman–Crippen LogP) is 9.35. The van der Waals surface area contributed by atoms with E-state index in [1.165, 1.54) is 0 Å². The van der Waals surface area contributed by atoms with Gasteiger partial charge in [0.15, 0.2) is 11.6 Å². The van der Waals surface area contributed by atoms with Crippen LogP contribution in [0.4, 0.5) is 0 Å². The molecule has 0 saturated carbocycles. The van der Waals surface area contributed by atoms with Crippen LogP contribution in [0, 0.1) is 0 Å². The first-order chi connectivity index (χ1) is 20.2. The molecule has 0 N–H and O–H groups in total. The highest BCUT2D eigenvalue weighted by Gasteiger charge is 2.37. The fraction of sp³-hybridized carbons (Fsp3) is 0. The second kappa shape index (κ2) is 10.5. The van der Waals surface area contributed by atoms with Gasteiger partial charge in [-0.1, -0.05) is 90.6 Å². The molecule has 7 rings (SSSR count). The summed E-state index contributed by atoms with van der Waals surface area (Å²) in [6.45, 7) is 0. The lowest BCUT2D eigenvalue weighted by molar-refractivity contribution is 0.0975. The summed E-state index contributed by atoms with van der Waals surface area (Å²) >= 11 is 1.61. The van der Waals surface area contributed by atoms with Crippen LogP contribution in [0.15, 0.2) is 143 Å². The molecule has 0 aromatic heterocycles. The maximum Gasteiger partial charge on any atom is 0.198 e. The van der Waals surface area contributed by atoms with Crippen molar-refractivity contribution in [2.75, 3.05) is 0 Å². The minimum Gasteiger partial charge on any atom is -0.456 e. The predicted molar refractivity (Wildman–Crippen MR) is 161 cm³/mol. The molecule has 0 unspecified atom stereocenters. The molecule has 0 atom stereocenters. The first kappa shape index (κ1) is 24.9. The van der Waals surface area contributed by atoms with Gasteiger partial charge in [-0.3, -0.25) is 9.59 Å². The molecule has 5 heteroatoms. The highest BCUT2D eigenvalue weighted by atomic mass is 32.2. The fourth-order valence-electron chi connectivity index (χ4n) is 5.10. The molecular formula is C36H22O4S. The van der Waals surface area contributed by atoms with Crippen LogP contribution in [0.25, 0.3) is 10.8 Å². The second-order valence-electron chi connectivity index (χ2n) is 9.56. The van der Waals surface area contributed by atoms with Gasteiger partial charge < -0.3 is 9.47 Å². The Bertz CT molecular complexity index is 1930. The molecule has 1 aliphatic rings. The smallest absolute Gasteiger partial charge is 0.198 e. The third kappa shape index (κ3) is 4.56. The molecule has 41 heavy (non-hydrogen) atoms. The molecule has 0 heterocycles. The molecule has 0 radical (unpaired) electrons. The van der Waals surface area contributed by atoms with E-state index in [-0.39, 0.29) is 22.7 Å². The summed E-state index contributed by atoms with van der Waals surface area (Å²) < 4.78 is 12.9. The molecule has 0 amide bonds. The number of rotatable bonds is 6. The minimum atomic E-state index is -0.276. The molecule has 0 spiro atoms. The summed E-state index contributed by atoms with van der Waals surface area (Å²) in [4.78, 5) is 30.4. The van der Waals surface area contributed by atoms with Crippen molar-refractivity contribution in [3.63, 3.8) is 0 Å². The molecule has 0 bridgehead atoms. The second-order valence-corrected chi connectivity index (χ2v) is 10.7. The van der Waals surface area contributed by atoms with E-state index in [4.69, 9.17) is 9.47 Å². The lowest BCUT2D eigenvalue weighted by atomic mass is 9.81. The van der Waals surface area contributed by atoms with Gasteiger partial charge in [0.25, 0.3) is 0 Å². The quantitative estimate of drug-likeness (QED) is 0.206. The molecule has 0 aliphatic heterocycles. The Labute approximate surface area is 241 Å². The Morgan fingerprint density at radius 1 is 0.439 bits per heavy atom. The Balaban J connectivity index is 1.53. The Morgan fingerprint density at radius 3 is 1.44 bits per heavy atom. The fourth-order valence-corrected chi connectivity index (χ4v) is 5.98. The van der Waals surface area contributed by atoms with E-state index >= 15 is 0 Å². The average molecular weight is 551 g/mol. The van der Waals surface area contributed by atoms with Crippen LogP contribution in [0.2, 0.25) is 0 Å². The van der Waals surface area contributed by atoms with Crippen molar-refractivity contribution < 1.29 is 19.1 Å². The third-order valence-corrected chi connectivity index (χ3v) is 7.96. The van der Waals surface area contributed by atoms with Gasteiger partial charge in [-0.25, -0.2) is 0 Å². The molecular weight excluding hydrogens is 528 g/mol. The van der Waals surface area contributed by atoms with Gasteiger partial charge in [0.2, 0.25) is 0 Å². The van der Waals surface area contributed by atoms with E-state index in [2.05, 4.69) is 0 Å². The molecule has 4 nitrogen and oxygen atoms in total. The van der Waals surface area contributed by atoms with Crippen molar-refractivity contribution in [1.82, 2.24) is 0 Å². The van der Waals surface area contributed by atoms with Crippen LogP contribution in [0.5, 0.6) is 23.0 Å².